The molecule has 0 saturated heterocycles. The maximum absolute atomic E-state index is 12.4. The molecule has 1 heterocycles. The Morgan fingerprint density at radius 2 is 1.69 bits per heavy atom. The summed E-state index contributed by atoms with van der Waals surface area (Å²) in [7, 11) is 0. The first-order valence-electron chi connectivity index (χ1n) is 9.51. The van der Waals surface area contributed by atoms with Crippen LogP contribution in [0.3, 0.4) is 0 Å². The van der Waals surface area contributed by atoms with Crippen molar-refractivity contribution in [3.8, 4) is 22.8 Å². The number of nitrogens with zero attached hydrogens (tertiary/aromatic N) is 3. The number of nitrogens with two attached hydrogens (primary N) is 1. The molecule has 0 amide bonds. The molecular weight excluding hydrogens is 381 g/mol. The van der Waals surface area contributed by atoms with E-state index in [0.29, 0.717) is 24.5 Å². The van der Waals surface area contributed by atoms with Crippen LogP contribution in [0.5, 0.6) is 5.75 Å². The lowest BCUT2D eigenvalue weighted by molar-refractivity contribution is -0.274. The second-order valence-electron chi connectivity index (χ2n) is 6.64. The molecular formula is C21H23F3N4O. The van der Waals surface area contributed by atoms with Crippen LogP contribution in [0.4, 0.5) is 13.2 Å². The monoisotopic (exact) mass is 404 g/mol. The van der Waals surface area contributed by atoms with E-state index in [2.05, 4.69) is 14.8 Å². The average Bonchev–Trinajstić information content (AvgIpc) is 3.10. The summed E-state index contributed by atoms with van der Waals surface area (Å²) in [5.74, 6) is 1.06. The lowest BCUT2D eigenvalue weighted by Gasteiger charge is -2.10. The minimum Gasteiger partial charge on any atom is -0.406 e. The van der Waals surface area contributed by atoms with Gasteiger partial charge in [0.15, 0.2) is 5.82 Å². The van der Waals surface area contributed by atoms with Crippen molar-refractivity contribution in [3.05, 3.63) is 59.9 Å². The molecule has 0 bridgehead atoms. The molecule has 0 radical (unpaired) electrons. The zero-order valence-corrected chi connectivity index (χ0v) is 16.1. The molecule has 0 spiro atoms. The van der Waals surface area contributed by atoms with Crippen molar-refractivity contribution >= 4 is 0 Å². The normalized spacial score (nSPS) is 11.6. The van der Waals surface area contributed by atoms with E-state index < -0.39 is 6.36 Å². The van der Waals surface area contributed by atoms with Gasteiger partial charge in [0, 0.05) is 12.0 Å². The Morgan fingerprint density at radius 1 is 1.00 bits per heavy atom. The molecule has 0 aliphatic carbocycles. The third kappa shape index (κ3) is 5.57. The van der Waals surface area contributed by atoms with Gasteiger partial charge >= 0.3 is 6.36 Å². The van der Waals surface area contributed by atoms with Gasteiger partial charge in [-0.05, 0) is 55.6 Å². The van der Waals surface area contributed by atoms with Crippen molar-refractivity contribution in [2.45, 2.75) is 39.0 Å². The van der Waals surface area contributed by atoms with Gasteiger partial charge in [0.2, 0.25) is 0 Å². The molecule has 0 fully saturated rings. The number of alkyl halides is 3. The molecule has 3 aromatic rings. The van der Waals surface area contributed by atoms with E-state index in [0.717, 1.165) is 30.7 Å². The molecule has 0 atom stereocenters. The number of aryl methyl sites for hydroxylation is 2. The van der Waals surface area contributed by atoms with Gasteiger partial charge in [-0.25, -0.2) is 9.67 Å². The van der Waals surface area contributed by atoms with Gasteiger partial charge in [-0.15, -0.1) is 18.3 Å². The standard InChI is InChI=1S/C21H23F3N4O/c1-2-4-19-26-20(16-8-6-15(7-9-16)5-3-14-25)27-28(19)17-10-12-18(13-11-17)29-21(22,23)24/h6-13H,2-5,14,25H2,1H3. The lowest BCUT2D eigenvalue weighted by Crippen LogP contribution is -2.17. The van der Waals surface area contributed by atoms with Gasteiger partial charge in [0.05, 0.1) is 5.69 Å². The van der Waals surface area contributed by atoms with Crippen LogP contribution in [-0.4, -0.2) is 27.7 Å². The Bertz CT molecular complexity index is 919. The molecule has 2 N–H and O–H groups in total. The van der Waals surface area contributed by atoms with Gasteiger partial charge in [0.25, 0.3) is 0 Å². The van der Waals surface area contributed by atoms with Crippen LogP contribution in [-0.2, 0) is 12.8 Å². The van der Waals surface area contributed by atoms with Crippen LogP contribution >= 0.6 is 0 Å². The van der Waals surface area contributed by atoms with E-state index in [1.165, 1.54) is 29.8 Å². The van der Waals surface area contributed by atoms with Crippen molar-refractivity contribution in [1.82, 2.24) is 14.8 Å². The number of halogens is 3. The van der Waals surface area contributed by atoms with E-state index in [4.69, 9.17) is 5.73 Å². The number of ether oxygens (including phenoxy) is 1. The van der Waals surface area contributed by atoms with Crippen molar-refractivity contribution in [3.63, 3.8) is 0 Å². The van der Waals surface area contributed by atoms with Gasteiger partial charge in [0.1, 0.15) is 11.6 Å². The van der Waals surface area contributed by atoms with E-state index in [9.17, 15) is 13.2 Å². The SMILES string of the molecule is CCCc1nc(-c2ccc(CCCN)cc2)nn1-c1ccc(OC(F)(F)F)cc1. The fourth-order valence-corrected chi connectivity index (χ4v) is 2.97. The van der Waals surface area contributed by atoms with Crippen molar-refractivity contribution in [2.75, 3.05) is 6.54 Å². The predicted molar refractivity (Wildman–Crippen MR) is 105 cm³/mol. The van der Waals surface area contributed by atoms with Crippen LogP contribution in [0.2, 0.25) is 0 Å². The maximum atomic E-state index is 12.4. The highest BCUT2D eigenvalue weighted by atomic mass is 19.4. The van der Waals surface area contributed by atoms with E-state index in [-0.39, 0.29) is 5.75 Å². The Hall–Kier alpha value is -2.87. The minimum atomic E-state index is -4.72. The first kappa shape index (κ1) is 20.9. The molecule has 0 unspecified atom stereocenters. The Balaban J connectivity index is 1.87. The van der Waals surface area contributed by atoms with E-state index in [1.807, 2.05) is 31.2 Å². The highest BCUT2D eigenvalue weighted by Crippen LogP contribution is 2.25. The fraction of sp³-hybridized carbons (Fsp3) is 0.333. The van der Waals surface area contributed by atoms with Crippen LogP contribution in [0, 0.1) is 0 Å². The van der Waals surface area contributed by atoms with Crippen LogP contribution in [0.1, 0.15) is 31.2 Å². The Kier molecular flexibility index (Phi) is 6.53. The third-order valence-corrected chi connectivity index (χ3v) is 4.34. The first-order valence-corrected chi connectivity index (χ1v) is 9.51. The smallest absolute Gasteiger partial charge is 0.406 e. The number of aromatic nitrogens is 3. The van der Waals surface area contributed by atoms with E-state index in [1.54, 1.807) is 4.68 Å². The molecule has 154 valence electrons. The zero-order chi connectivity index (χ0) is 20.9. The molecule has 1 aromatic heterocycles. The zero-order valence-electron chi connectivity index (χ0n) is 16.1. The minimum absolute atomic E-state index is 0.272. The Morgan fingerprint density at radius 3 is 2.28 bits per heavy atom. The molecule has 0 saturated carbocycles. The van der Waals surface area contributed by atoms with Crippen LogP contribution in [0.15, 0.2) is 48.5 Å². The predicted octanol–water partition coefficient (Wildman–Crippen LogP) is 4.68. The molecule has 3 rings (SSSR count). The summed E-state index contributed by atoms with van der Waals surface area (Å²) in [4.78, 5) is 4.64. The first-order chi connectivity index (χ1) is 13.9. The van der Waals surface area contributed by atoms with Gasteiger partial charge in [-0.3, -0.25) is 0 Å². The molecule has 2 aromatic carbocycles. The third-order valence-electron chi connectivity index (χ3n) is 4.34. The maximum Gasteiger partial charge on any atom is 0.573 e. The number of hydrogen-bond acceptors (Lipinski definition) is 4. The fourth-order valence-electron chi connectivity index (χ4n) is 2.97. The summed E-state index contributed by atoms with van der Waals surface area (Å²) in [6.45, 7) is 2.69. The highest BCUT2D eigenvalue weighted by Gasteiger charge is 2.31. The quantitative estimate of drug-likeness (QED) is 0.592. The summed E-state index contributed by atoms with van der Waals surface area (Å²) in [6, 6.07) is 13.6. The summed E-state index contributed by atoms with van der Waals surface area (Å²) >= 11 is 0. The van der Waals surface area contributed by atoms with Crippen molar-refractivity contribution < 1.29 is 17.9 Å². The molecule has 29 heavy (non-hydrogen) atoms. The van der Waals surface area contributed by atoms with Gasteiger partial charge < -0.3 is 10.5 Å². The molecule has 0 aliphatic rings. The summed E-state index contributed by atoms with van der Waals surface area (Å²) < 4.78 is 42.7. The largest absolute Gasteiger partial charge is 0.573 e. The highest BCUT2D eigenvalue weighted by molar-refractivity contribution is 5.56. The van der Waals surface area contributed by atoms with E-state index >= 15 is 0 Å². The number of benzene rings is 2. The second-order valence-corrected chi connectivity index (χ2v) is 6.64. The van der Waals surface area contributed by atoms with Crippen molar-refractivity contribution in [2.24, 2.45) is 5.73 Å². The molecule has 8 heteroatoms. The van der Waals surface area contributed by atoms with Crippen LogP contribution < -0.4 is 10.5 Å². The van der Waals surface area contributed by atoms with Crippen LogP contribution in [0.25, 0.3) is 17.1 Å². The summed E-state index contributed by atoms with van der Waals surface area (Å²) in [5, 5.41) is 4.59. The number of hydrogen-bond donors (Lipinski definition) is 1. The summed E-state index contributed by atoms with van der Waals surface area (Å²) in [6.07, 6.45) is -1.30. The van der Waals surface area contributed by atoms with Crippen molar-refractivity contribution in [1.29, 1.82) is 0 Å². The van der Waals surface area contributed by atoms with Gasteiger partial charge in [-0.2, -0.15) is 0 Å². The Labute approximate surface area is 167 Å². The van der Waals surface area contributed by atoms with Gasteiger partial charge in [-0.1, -0.05) is 31.2 Å². The second kappa shape index (κ2) is 9.09. The lowest BCUT2D eigenvalue weighted by atomic mass is 10.1. The molecule has 0 aliphatic heterocycles. The number of rotatable bonds is 8. The molecule has 5 nitrogen and oxygen atoms in total. The topological polar surface area (TPSA) is 66.0 Å². The average molecular weight is 404 g/mol. The summed E-state index contributed by atoms with van der Waals surface area (Å²) in [5.41, 5.74) is 8.27.